The van der Waals surface area contributed by atoms with Gasteiger partial charge in [0.15, 0.2) is 0 Å². The summed E-state index contributed by atoms with van der Waals surface area (Å²) >= 11 is 0. The first-order valence-electron chi connectivity index (χ1n) is 10.9. The van der Waals surface area contributed by atoms with Crippen LogP contribution in [0, 0.1) is 0 Å². The fourth-order valence-corrected chi connectivity index (χ4v) is 4.36. The van der Waals surface area contributed by atoms with Gasteiger partial charge in [-0.15, -0.1) is 0 Å². The molecule has 0 amide bonds. The van der Waals surface area contributed by atoms with Gasteiger partial charge < -0.3 is 10.1 Å². The SMILES string of the molecule is C[C@@H](NC[C@H](N=[N+]=[N-])C(=O)Oc1ccc2ccc3cccc4ccc1c2c34)c1ccccc1. The molecule has 0 aliphatic carbocycles. The Morgan fingerprint density at radius 3 is 2.30 bits per heavy atom. The third kappa shape index (κ3) is 3.94. The maximum Gasteiger partial charge on any atom is 0.321 e. The van der Waals surface area contributed by atoms with Crippen molar-refractivity contribution in [1.29, 1.82) is 0 Å². The number of carbonyl (C=O) groups excluding carboxylic acids is 1. The molecule has 1 N–H and O–H groups in total. The molecule has 0 unspecified atom stereocenters. The average molecular weight is 434 g/mol. The largest absolute Gasteiger partial charge is 0.426 e. The number of carbonyl (C=O) groups is 1. The van der Waals surface area contributed by atoms with Crippen molar-refractivity contribution in [2.45, 2.75) is 19.0 Å². The van der Waals surface area contributed by atoms with E-state index in [1.165, 1.54) is 0 Å². The highest BCUT2D eigenvalue weighted by Gasteiger charge is 2.22. The molecule has 0 aliphatic rings. The molecular weight excluding hydrogens is 412 g/mol. The van der Waals surface area contributed by atoms with Gasteiger partial charge >= 0.3 is 5.97 Å². The third-order valence-electron chi connectivity index (χ3n) is 6.08. The first-order chi connectivity index (χ1) is 16.2. The van der Waals surface area contributed by atoms with Crippen molar-refractivity contribution in [3.05, 3.63) is 101 Å². The number of hydrogen-bond donors (Lipinski definition) is 1. The number of azide groups is 1. The summed E-state index contributed by atoms with van der Waals surface area (Å²) in [5, 5.41) is 13.4. The zero-order valence-electron chi connectivity index (χ0n) is 18.1. The van der Waals surface area contributed by atoms with Crippen LogP contribution in [-0.4, -0.2) is 18.6 Å². The third-order valence-corrected chi connectivity index (χ3v) is 6.08. The summed E-state index contributed by atoms with van der Waals surface area (Å²) in [4.78, 5) is 15.8. The molecule has 0 heterocycles. The highest BCUT2D eigenvalue weighted by molar-refractivity contribution is 6.24. The van der Waals surface area contributed by atoms with Gasteiger partial charge in [-0.1, -0.05) is 77.9 Å². The Morgan fingerprint density at radius 1 is 0.909 bits per heavy atom. The van der Waals surface area contributed by atoms with E-state index in [0.29, 0.717) is 5.75 Å². The summed E-state index contributed by atoms with van der Waals surface area (Å²) in [5.41, 5.74) is 10.1. The van der Waals surface area contributed by atoms with E-state index in [1.54, 1.807) is 6.07 Å². The van der Waals surface area contributed by atoms with E-state index in [2.05, 4.69) is 39.6 Å². The average Bonchev–Trinajstić information content (AvgIpc) is 2.86. The monoisotopic (exact) mass is 434 g/mol. The number of hydrogen-bond acceptors (Lipinski definition) is 4. The molecule has 0 spiro atoms. The van der Waals surface area contributed by atoms with Crippen molar-refractivity contribution in [3.8, 4) is 5.75 Å². The van der Waals surface area contributed by atoms with Crippen molar-refractivity contribution >= 4 is 38.3 Å². The van der Waals surface area contributed by atoms with E-state index >= 15 is 0 Å². The number of ether oxygens (including phenoxy) is 1. The number of rotatable bonds is 7. The Kier molecular flexibility index (Phi) is 5.53. The summed E-state index contributed by atoms with van der Waals surface area (Å²) in [5.74, 6) is -0.129. The molecule has 6 heteroatoms. The maximum absolute atomic E-state index is 13.0. The van der Waals surface area contributed by atoms with Crippen molar-refractivity contribution in [2.75, 3.05) is 6.54 Å². The zero-order chi connectivity index (χ0) is 22.8. The second kappa shape index (κ2) is 8.79. The summed E-state index contributed by atoms with van der Waals surface area (Å²) in [6, 6.07) is 27.0. The second-order valence-corrected chi connectivity index (χ2v) is 8.10. The van der Waals surface area contributed by atoms with Crippen LogP contribution in [0.5, 0.6) is 5.75 Å². The minimum absolute atomic E-state index is 0.00932. The Balaban J connectivity index is 1.42. The lowest BCUT2D eigenvalue weighted by atomic mass is 9.94. The molecular formula is C27H22N4O2. The molecule has 0 fully saturated rings. The molecule has 0 saturated heterocycles. The molecule has 0 radical (unpaired) electrons. The van der Waals surface area contributed by atoms with Crippen molar-refractivity contribution in [3.63, 3.8) is 0 Å². The van der Waals surface area contributed by atoms with Gasteiger partial charge in [0.2, 0.25) is 0 Å². The van der Waals surface area contributed by atoms with E-state index in [1.807, 2.05) is 61.5 Å². The quantitative estimate of drug-likeness (QED) is 0.0790. The molecule has 162 valence electrons. The predicted octanol–water partition coefficient (Wildman–Crippen LogP) is 6.52. The fraction of sp³-hybridized carbons (Fsp3) is 0.148. The zero-order valence-corrected chi connectivity index (χ0v) is 18.1. The van der Waals surface area contributed by atoms with Crippen LogP contribution in [0.25, 0.3) is 42.8 Å². The van der Waals surface area contributed by atoms with Crippen LogP contribution in [-0.2, 0) is 4.79 Å². The fourth-order valence-electron chi connectivity index (χ4n) is 4.36. The Morgan fingerprint density at radius 2 is 1.58 bits per heavy atom. The van der Waals surface area contributed by atoms with Crippen LogP contribution in [0.15, 0.2) is 90.0 Å². The van der Waals surface area contributed by atoms with Crippen LogP contribution < -0.4 is 10.1 Å². The Labute approximate surface area is 190 Å². The molecule has 5 rings (SSSR count). The van der Waals surface area contributed by atoms with E-state index in [0.717, 1.165) is 37.9 Å². The highest BCUT2D eigenvalue weighted by Crippen LogP contribution is 2.38. The molecule has 0 saturated carbocycles. The summed E-state index contributed by atoms with van der Waals surface area (Å²) in [6.45, 7) is 2.17. The molecule has 0 bridgehead atoms. The van der Waals surface area contributed by atoms with Crippen LogP contribution in [0.3, 0.4) is 0 Å². The van der Waals surface area contributed by atoms with Gasteiger partial charge in [0, 0.05) is 28.3 Å². The van der Waals surface area contributed by atoms with Crippen molar-refractivity contribution < 1.29 is 9.53 Å². The van der Waals surface area contributed by atoms with Crippen molar-refractivity contribution in [2.24, 2.45) is 5.11 Å². The smallest absolute Gasteiger partial charge is 0.321 e. The lowest BCUT2D eigenvalue weighted by Crippen LogP contribution is -2.35. The molecule has 6 nitrogen and oxygen atoms in total. The van der Waals surface area contributed by atoms with Crippen LogP contribution in [0.1, 0.15) is 18.5 Å². The Hall–Kier alpha value is -4.12. The molecule has 5 aromatic rings. The van der Waals surface area contributed by atoms with Gasteiger partial charge in [-0.05, 0) is 51.7 Å². The van der Waals surface area contributed by atoms with Gasteiger partial charge in [0.1, 0.15) is 11.8 Å². The van der Waals surface area contributed by atoms with E-state index in [-0.39, 0.29) is 12.6 Å². The number of nitrogens with zero attached hydrogens (tertiary/aromatic N) is 3. The highest BCUT2D eigenvalue weighted by atomic mass is 16.5. The van der Waals surface area contributed by atoms with Crippen molar-refractivity contribution in [1.82, 2.24) is 5.32 Å². The minimum atomic E-state index is -0.986. The number of esters is 1. The first-order valence-corrected chi connectivity index (χ1v) is 10.9. The molecule has 2 atom stereocenters. The Bertz CT molecular complexity index is 1480. The maximum atomic E-state index is 13.0. The summed E-state index contributed by atoms with van der Waals surface area (Å²) in [7, 11) is 0. The topological polar surface area (TPSA) is 87.1 Å². The second-order valence-electron chi connectivity index (χ2n) is 8.10. The van der Waals surface area contributed by atoms with Crippen LogP contribution in [0.2, 0.25) is 0 Å². The lowest BCUT2D eigenvalue weighted by molar-refractivity contribution is -0.135. The van der Waals surface area contributed by atoms with E-state index < -0.39 is 12.0 Å². The van der Waals surface area contributed by atoms with Crippen LogP contribution in [0.4, 0.5) is 0 Å². The van der Waals surface area contributed by atoms with Gasteiger partial charge in [0.25, 0.3) is 0 Å². The molecule has 0 aromatic heterocycles. The lowest BCUT2D eigenvalue weighted by Gasteiger charge is -2.18. The van der Waals surface area contributed by atoms with Gasteiger partial charge in [-0.2, -0.15) is 0 Å². The predicted molar refractivity (Wildman–Crippen MR) is 132 cm³/mol. The standard InChI is InChI=1S/C27H22N4O2/c1-17(18-6-3-2-4-7-18)29-16-23(30-31-28)27(32)33-24-15-13-21-11-10-19-8-5-9-20-12-14-22(24)26(21)25(19)20/h2-15,17,23,29H,16H2,1H3/t17-,23+/m1/s1. The van der Waals surface area contributed by atoms with Crippen LogP contribution >= 0.6 is 0 Å². The summed E-state index contributed by atoms with van der Waals surface area (Å²) in [6.07, 6.45) is 0. The molecule has 0 aliphatic heterocycles. The number of nitrogens with one attached hydrogen (secondary N) is 1. The van der Waals surface area contributed by atoms with Gasteiger partial charge in [-0.3, -0.25) is 4.79 Å². The molecule has 5 aromatic carbocycles. The van der Waals surface area contributed by atoms with E-state index in [4.69, 9.17) is 10.3 Å². The summed E-state index contributed by atoms with van der Waals surface area (Å²) < 4.78 is 5.78. The normalized spacial score (nSPS) is 13.1. The van der Waals surface area contributed by atoms with E-state index in [9.17, 15) is 4.79 Å². The first kappa shape index (κ1) is 20.8. The number of benzene rings is 5. The molecule has 33 heavy (non-hydrogen) atoms. The van der Waals surface area contributed by atoms with Gasteiger partial charge in [-0.25, -0.2) is 0 Å². The van der Waals surface area contributed by atoms with Gasteiger partial charge in [0.05, 0.1) is 0 Å². The minimum Gasteiger partial charge on any atom is -0.426 e.